The Bertz CT molecular complexity index is 723. The number of aryl methyl sites for hydroxylation is 2. The van der Waals surface area contributed by atoms with E-state index in [4.69, 9.17) is 0 Å². The van der Waals surface area contributed by atoms with Crippen molar-refractivity contribution in [2.24, 2.45) is 0 Å². The quantitative estimate of drug-likeness (QED) is 0.889. The summed E-state index contributed by atoms with van der Waals surface area (Å²) in [7, 11) is 0. The number of hydrogen-bond acceptors (Lipinski definition) is 4. The molecule has 24 heavy (non-hydrogen) atoms. The molecule has 0 radical (unpaired) electrons. The van der Waals surface area contributed by atoms with Crippen LogP contribution < -0.4 is 10.6 Å². The van der Waals surface area contributed by atoms with Gasteiger partial charge in [-0.25, -0.2) is 9.97 Å². The van der Waals surface area contributed by atoms with E-state index in [9.17, 15) is 4.79 Å². The van der Waals surface area contributed by atoms with Gasteiger partial charge < -0.3 is 10.6 Å². The summed E-state index contributed by atoms with van der Waals surface area (Å²) in [5.74, 6) is 0.321. The molecule has 1 aromatic carbocycles. The lowest BCUT2D eigenvalue weighted by molar-refractivity contribution is 0.102. The van der Waals surface area contributed by atoms with Gasteiger partial charge in [0.25, 0.3) is 5.91 Å². The van der Waals surface area contributed by atoms with Crippen LogP contribution in [0.1, 0.15) is 53.7 Å². The smallest absolute Gasteiger partial charge is 0.274 e. The first-order valence-corrected chi connectivity index (χ1v) is 8.60. The lowest BCUT2D eigenvalue weighted by Crippen LogP contribution is -2.24. The molecule has 2 aromatic rings. The summed E-state index contributed by atoms with van der Waals surface area (Å²) in [6.07, 6.45) is 7.70. The molecular formula is C19H24N4O. The normalized spacial score (nSPS) is 15.1. The van der Waals surface area contributed by atoms with Crippen molar-refractivity contribution in [1.82, 2.24) is 9.97 Å². The van der Waals surface area contributed by atoms with Gasteiger partial charge in [-0.05, 0) is 56.0 Å². The van der Waals surface area contributed by atoms with E-state index in [2.05, 4.69) is 27.5 Å². The highest BCUT2D eigenvalue weighted by Crippen LogP contribution is 2.20. The lowest BCUT2D eigenvalue weighted by atomic mass is 9.96. The van der Waals surface area contributed by atoms with Crippen LogP contribution in [0.3, 0.4) is 0 Å². The van der Waals surface area contributed by atoms with E-state index in [0.717, 1.165) is 24.1 Å². The van der Waals surface area contributed by atoms with E-state index >= 15 is 0 Å². The molecule has 0 aliphatic heterocycles. The van der Waals surface area contributed by atoms with E-state index in [-0.39, 0.29) is 5.91 Å². The number of carbonyl (C=O) groups excluding carboxylic acids is 1. The van der Waals surface area contributed by atoms with E-state index in [0.29, 0.717) is 17.7 Å². The zero-order valence-electron chi connectivity index (χ0n) is 14.3. The zero-order valence-corrected chi connectivity index (χ0v) is 14.3. The van der Waals surface area contributed by atoms with Gasteiger partial charge in [0.15, 0.2) is 0 Å². The number of nitrogens with zero attached hydrogens (tertiary/aromatic N) is 2. The molecule has 126 valence electrons. The van der Waals surface area contributed by atoms with Crippen molar-refractivity contribution in [3.05, 3.63) is 47.3 Å². The number of benzene rings is 1. The van der Waals surface area contributed by atoms with Crippen molar-refractivity contribution in [3.63, 3.8) is 0 Å². The Kier molecular flexibility index (Phi) is 5.08. The Morgan fingerprint density at radius 3 is 2.62 bits per heavy atom. The van der Waals surface area contributed by atoms with Crippen molar-refractivity contribution in [1.29, 1.82) is 0 Å². The second-order valence-electron chi connectivity index (χ2n) is 6.50. The standard InChI is InChI=1S/C19H24N4O/c1-13-8-9-16(12-14(13)2)21-18(24)17-10-11-20-19(23-17)22-15-6-4-3-5-7-15/h8-12,15H,3-7H2,1-2H3,(H,21,24)(H,20,22,23). The van der Waals surface area contributed by atoms with E-state index in [1.165, 1.54) is 24.8 Å². The topological polar surface area (TPSA) is 66.9 Å². The van der Waals surface area contributed by atoms with Crippen molar-refractivity contribution in [2.45, 2.75) is 52.0 Å². The maximum absolute atomic E-state index is 12.4. The fourth-order valence-corrected chi connectivity index (χ4v) is 3.00. The molecule has 1 heterocycles. The van der Waals surface area contributed by atoms with Gasteiger partial charge in [-0.3, -0.25) is 4.79 Å². The van der Waals surface area contributed by atoms with Gasteiger partial charge in [0, 0.05) is 17.9 Å². The molecule has 0 atom stereocenters. The molecule has 1 aliphatic rings. The number of rotatable bonds is 4. The fourth-order valence-electron chi connectivity index (χ4n) is 3.00. The van der Waals surface area contributed by atoms with Crippen LogP contribution in [0.15, 0.2) is 30.5 Å². The molecule has 0 spiro atoms. The minimum atomic E-state index is -0.215. The number of hydrogen-bond donors (Lipinski definition) is 2. The van der Waals surface area contributed by atoms with Gasteiger partial charge in [0.05, 0.1) is 0 Å². The third-order valence-corrected chi connectivity index (χ3v) is 4.59. The highest BCUT2D eigenvalue weighted by Gasteiger charge is 2.15. The SMILES string of the molecule is Cc1ccc(NC(=O)c2ccnc(NC3CCCCC3)n2)cc1C. The van der Waals surface area contributed by atoms with Crippen LogP contribution in [-0.2, 0) is 0 Å². The minimum absolute atomic E-state index is 0.215. The molecular weight excluding hydrogens is 300 g/mol. The molecule has 1 aromatic heterocycles. The van der Waals surface area contributed by atoms with Crippen molar-refractivity contribution in [3.8, 4) is 0 Å². The Morgan fingerprint density at radius 2 is 1.88 bits per heavy atom. The molecule has 1 fully saturated rings. The molecule has 1 aliphatic carbocycles. The third kappa shape index (κ3) is 4.10. The first-order chi connectivity index (χ1) is 11.6. The number of aromatic nitrogens is 2. The van der Waals surface area contributed by atoms with Crippen LogP contribution in [0.2, 0.25) is 0 Å². The van der Waals surface area contributed by atoms with E-state index in [1.807, 2.05) is 25.1 Å². The van der Waals surface area contributed by atoms with Gasteiger partial charge in [-0.1, -0.05) is 25.3 Å². The molecule has 5 nitrogen and oxygen atoms in total. The highest BCUT2D eigenvalue weighted by molar-refractivity contribution is 6.03. The van der Waals surface area contributed by atoms with Gasteiger partial charge in [0.1, 0.15) is 5.69 Å². The lowest BCUT2D eigenvalue weighted by Gasteiger charge is -2.22. The Balaban J connectivity index is 1.68. The third-order valence-electron chi connectivity index (χ3n) is 4.59. The van der Waals surface area contributed by atoms with Crippen LogP contribution in [0, 0.1) is 13.8 Å². The molecule has 0 bridgehead atoms. The van der Waals surface area contributed by atoms with Crippen LogP contribution in [0.4, 0.5) is 11.6 Å². The van der Waals surface area contributed by atoms with Crippen LogP contribution in [0.5, 0.6) is 0 Å². The van der Waals surface area contributed by atoms with Crippen molar-refractivity contribution < 1.29 is 4.79 Å². The van der Waals surface area contributed by atoms with Crippen molar-refractivity contribution in [2.75, 3.05) is 10.6 Å². The summed E-state index contributed by atoms with van der Waals surface area (Å²) in [5.41, 5.74) is 3.51. The second-order valence-corrected chi connectivity index (χ2v) is 6.50. The first kappa shape index (κ1) is 16.4. The Hall–Kier alpha value is -2.43. The van der Waals surface area contributed by atoms with Crippen LogP contribution >= 0.6 is 0 Å². The maximum Gasteiger partial charge on any atom is 0.274 e. The van der Waals surface area contributed by atoms with Crippen molar-refractivity contribution >= 4 is 17.5 Å². The number of anilines is 2. The fraction of sp³-hybridized carbons (Fsp3) is 0.421. The summed E-state index contributed by atoms with van der Waals surface area (Å²) in [5, 5.41) is 6.25. The Labute approximate surface area is 142 Å². The average molecular weight is 324 g/mol. The average Bonchev–Trinajstić information content (AvgIpc) is 2.59. The summed E-state index contributed by atoms with van der Waals surface area (Å²) >= 11 is 0. The predicted octanol–water partition coefficient (Wildman–Crippen LogP) is 4.09. The second kappa shape index (κ2) is 7.43. The Morgan fingerprint density at radius 1 is 1.08 bits per heavy atom. The largest absolute Gasteiger partial charge is 0.351 e. The molecule has 0 saturated heterocycles. The summed E-state index contributed by atoms with van der Waals surface area (Å²) in [4.78, 5) is 21.0. The van der Waals surface area contributed by atoms with Crippen LogP contribution in [0.25, 0.3) is 0 Å². The molecule has 1 saturated carbocycles. The van der Waals surface area contributed by atoms with Gasteiger partial charge >= 0.3 is 0 Å². The molecule has 2 N–H and O–H groups in total. The minimum Gasteiger partial charge on any atom is -0.351 e. The summed E-state index contributed by atoms with van der Waals surface area (Å²) in [6.45, 7) is 4.08. The molecule has 5 heteroatoms. The molecule has 3 rings (SSSR count). The monoisotopic (exact) mass is 324 g/mol. The highest BCUT2D eigenvalue weighted by atomic mass is 16.1. The van der Waals surface area contributed by atoms with Gasteiger partial charge in [0.2, 0.25) is 5.95 Å². The number of carbonyl (C=O) groups is 1. The van der Waals surface area contributed by atoms with E-state index in [1.54, 1.807) is 12.3 Å². The summed E-state index contributed by atoms with van der Waals surface area (Å²) in [6, 6.07) is 7.93. The summed E-state index contributed by atoms with van der Waals surface area (Å²) < 4.78 is 0. The van der Waals surface area contributed by atoms with Gasteiger partial charge in [-0.2, -0.15) is 0 Å². The maximum atomic E-state index is 12.4. The predicted molar refractivity (Wildman–Crippen MR) is 96.4 cm³/mol. The van der Waals surface area contributed by atoms with E-state index < -0.39 is 0 Å². The molecule has 0 unspecified atom stereocenters. The van der Waals surface area contributed by atoms with Gasteiger partial charge in [-0.15, -0.1) is 0 Å². The molecule has 1 amide bonds. The number of nitrogens with one attached hydrogen (secondary N) is 2. The zero-order chi connectivity index (χ0) is 16.9. The number of amides is 1. The first-order valence-electron chi connectivity index (χ1n) is 8.60. The van der Waals surface area contributed by atoms with Crippen LogP contribution in [-0.4, -0.2) is 21.9 Å².